The van der Waals surface area contributed by atoms with Crippen molar-refractivity contribution in [1.29, 1.82) is 0 Å². The van der Waals surface area contributed by atoms with Gasteiger partial charge >= 0.3 is 0 Å². The number of anilines is 1. The fraction of sp³-hybridized carbons (Fsp3) is 0.333. The van der Waals surface area contributed by atoms with Gasteiger partial charge in [0, 0.05) is 7.05 Å². The van der Waals surface area contributed by atoms with E-state index in [1.165, 1.54) is 0 Å². The van der Waals surface area contributed by atoms with Crippen LogP contribution in [0.4, 0.5) is 5.69 Å². The standard InChI is InChI=1S/C9H13NO.ClH/c1-3-11-9-7-5-4-6-8(9)10-2;/h4-7,10H,3H2,1-2H3;1H. The monoisotopic (exact) mass is 187 g/mol. The predicted molar refractivity (Wildman–Crippen MR) is 54.4 cm³/mol. The van der Waals surface area contributed by atoms with Crippen molar-refractivity contribution < 1.29 is 4.74 Å². The van der Waals surface area contributed by atoms with Gasteiger partial charge in [-0.3, -0.25) is 0 Å². The van der Waals surface area contributed by atoms with Crippen LogP contribution >= 0.6 is 12.4 Å². The summed E-state index contributed by atoms with van der Waals surface area (Å²) in [5.74, 6) is 0.914. The van der Waals surface area contributed by atoms with E-state index < -0.39 is 0 Å². The lowest BCUT2D eigenvalue weighted by atomic mass is 10.3. The molecule has 0 aliphatic rings. The zero-order chi connectivity index (χ0) is 8.10. The smallest absolute Gasteiger partial charge is 0.142 e. The second kappa shape index (κ2) is 5.72. The molecule has 3 heteroatoms. The SMILES string of the molecule is CCOc1ccccc1NC.Cl. The summed E-state index contributed by atoms with van der Waals surface area (Å²) in [7, 11) is 1.89. The Morgan fingerprint density at radius 1 is 1.33 bits per heavy atom. The van der Waals surface area contributed by atoms with E-state index in [0.29, 0.717) is 6.61 Å². The van der Waals surface area contributed by atoms with Crippen molar-refractivity contribution in [3.8, 4) is 5.75 Å². The second-order valence-electron chi connectivity index (χ2n) is 2.18. The van der Waals surface area contributed by atoms with Crippen molar-refractivity contribution in [2.24, 2.45) is 0 Å². The Bertz CT molecular complexity index is 228. The number of hydrogen-bond acceptors (Lipinski definition) is 2. The van der Waals surface area contributed by atoms with Crippen molar-refractivity contribution in [3.05, 3.63) is 24.3 Å². The summed E-state index contributed by atoms with van der Waals surface area (Å²) in [5, 5.41) is 3.06. The third-order valence-corrected chi connectivity index (χ3v) is 1.46. The number of benzene rings is 1. The van der Waals surface area contributed by atoms with Gasteiger partial charge in [0.05, 0.1) is 12.3 Å². The molecule has 0 saturated heterocycles. The van der Waals surface area contributed by atoms with E-state index in [4.69, 9.17) is 4.74 Å². The van der Waals surface area contributed by atoms with E-state index in [1.807, 2.05) is 38.2 Å². The highest BCUT2D eigenvalue weighted by molar-refractivity contribution is 5.85. The number of hydrogen-bond donors (Lipinski definition) is 1. The van der Waals surface area contributed by atoms with Gasteiger partial charge in [0.2, 0.25) is 0 Å². The molecule has 0 unspecified atom stereocenters. The maximum Gasteiger partial charge on any atom is 0.142 e. The summed E-state index contributed by atoms with van der Waals surface area (Å²) in [4.78, 5) is 0. The average Bonchev–Trinajstić information content (AvgIpc) is 2.06. The summed E-state index contributed by atoms with van der Waals surface area (Å²) in [6.45, 7) is 2.69. The molecule has 0 aliphatic carbocycles. The molecule has 0 amide bonds. The highest BCUT2D eigenvalue weighted by Crippen LogP contribution is 2.22. The minimum Gasteiger partial charge on any atom is -0.492 e. The lowest BCUT2D eigenvalue weighted by Crippen LogP contribution is -1.96. The molecule has 0 atom stereocenters. The van der Waals surface area contributed by atoms with E-state index in [-0.39, 0.29) is 12.4 Å². The molecule has 0 fully saturated rings. The third kappa shape index (κ3) is 2.62. The number of rotatable bonds is 3. The lowest BCUT2D eigenvalue weighted by Gasteiger charge is -2.07. The Balaban J connectivity index is 0.00000121. The van der Waals surface area contributed by atoms with Gasteiger partial charge < -0.3 is 10.1 Å². The van der Waals surface area contributed by atoms with Crippen LogP contribution in [0.1, 0.15) is 6.92 Å². The van der Waals surface area contributed by atoms with Crippen molar-refractivity contribution in [1.82, 2.24) is 0 Å². The van der Waals surface area contributed by atoms with Crippen LogP contribution in [0.2, 0.25) is 0 Å². The van der Waals surface area contributed by atoms with Crippen LogP contribution in [0, 0.1) is 0 Å². The summed E-state index contributed by atoms with van der Waals surface area (Å²) in [6, 6.07) is 7.89. The maximum absolute atomic E-state index is 5.37. The second-order valence-corrected chi connectivity index (χ2v) is 2.18. The van der Waals surface area contributed by atoms with E-state index in [9.17, 15) is 0 Å². The van der Waals surface area contributed by atoms with Crippen LogP contribution in [0.5, 0.6) is 5.75 Å². The first-order valence-electron chi connectivity index (χ1n) is 3.78. The van der Waals surface area contributed by atoms with Crippen molar-refractivity contribution >= 4 is 18.1 Å². The van der Waals surface area contributed by atoms with Gasteiger partial charge in [0.25, 0.3) is 0 Å². The molecule has 1 aromatic carbocycles. The van der Waals surface area contributed by atoms with E-state index in [2.05, 4.69) is 5.32 Å². The molecular formula is C9H14ClNO. The van der Waals surface area contributed by atoms with Crippen LogP contribution < -0.4 is 10.1 Å². The van der Waals surface area contributed by atoms with Crippen LogP contribution in [0.25, 0.3) is 0 Å². The Labute approximate surface area is 79.3 Å². The Hall–Kier alpha value is -0.890. The number of ether oxygens (including phenoxy) is 1. The number of nitrogens with one attached hydrogen (secondary N) is 1. The molecule has 68 valence electrons. The predicted octanol–water partition coefficient (Wildman–Crippen LogP) is 2.55. The van der Waals surface area contributed by atoms with Gasteiger partial charge in [0.1, 0.15) is 5.75 Å². The zero-order valence-electron chi connectivity index (χ0n) is 7.33. The minimum absolute atomic E-state index is 0. The number of para-hydroxylation sites is 2. The largest absolute Gasteiger partial charge is 0.492 e. The lowest BCUT2D eigenvalue weighted by molar-refractivity contribution is 0.342. The van der Waals surface area contributed by atoms with Crippen molar-refractivity contribution in [2.75, 3.05) is 19.0 Å². The highest BCUT2D eigenvalue weighted by atomic mass is 35.5. The van der Waals surface area contributed by atoms with Crippen LogP contribution in [-0.2, 0) is 0 Å². The van der Waals surface area contributed by atoms with E-state index in [0.717, 1.165) is 11.4 Å². The van der Waals surface area contributed by atoms with Crippen molar-refractivity contribution in [2.45, 2.75) is 6.92 Å². The molecule has 1 N–H and O–H groups in total. The Morgan fingerprint density at radius 3 is 2.58 bits per heavy atom. The average molecular weight is 188 g/mol. The van der Waals surface area contributed by atoms with Gasteiger partial charge in [0.15, 0.2) is 0 Å². The molecule has 0 bridgehead atoms. The fourth-order valence-corrected chi connectivity index (χ4v) is 0.955. The highest BCUT2D eigenvalue weighted by Gasteiger charge is 1.96. The summed E-state index contributed by atoms with van der Waals surface area (Å²) >= 11 is 0. The molecule has 1 rings (SSSR count). The molecule has 0 heterocycles. The van der Waals surface area contributed by atoms with Gasteiger partial charge in [-0.1, -0.05) is 12.1 Å². The van der Waals surface area contributed by atoms with Crippen molar-refractivity contribution in [3.63, 3.8) is 0 Å². The minimum atomic E-state index is 0. The molecule has 0 radical (unpaired) electrons. The molecular weight excluding hydrogens is 174 g/mol. The quantitative estimate of drug-likeness (QED) is 0.786. The first-order chi connectivity index (χ1) is 5.38. The van der Waals surface area contributed by atoms with Gasteiger partial charge in [-0.05, 0) is 19.1 Å². The van der Waals surface area contributed by atoms with E-state index in [1.54, 1.807) is 0 Å². The normalized spacial score (nSPS) is 8.50. The molecule has 0 saturated carbocycles. The Kier molecular flexibility index (Phi) is 5.30. The van der Waals surface area contributed by atoms with Crippen LogP contribution in [0.15, 0.2) is 24.3 Å². The Morgan fingerprint density at radius 2 is 2.00 bits per heavy atom. The third-order valence-electron chi connectivity index (χ3n) is 1.46. The molecule has 2 nitrogen and oxygen atoms in total. The van der Waals surface area contributed by atoms with Crippen LogP contribution in [-0.4, -0.2) is 13.7 Å². The summed E-state index contributed by atoms with van der Waals surface area (Å²) in [6.07, 6.45) is 0. The van der Waals surface area contributed by atoms with Gasteiger partial charge in [-0.15, -0.1) is 12.4 Å². The van der Waals surface area contributed by atoms with E-state index >= 15 is 0 Å². The topological polar surface area (TPSA) is 21.3 Å². The first kappa shape index (κ1) is 11.1. The number of halogens is 1. The first-order valence-corrected chi connectivity index (χ1v) is 3.78. The molecule has 12 heavy (non-hydrogen) atoms. The molecule has 1 aromatic rings. The fourth-order valence-electron chi connectivity index (χ4n) is 0.955. The maximum atomic E-state index is 5.37. The van der Waals surface area contributed by atoms with Gasteiger partial charge in [-0.2, -0.15) is 0 Å². The summed E-state index contributed by atoms with van der Waals surface area (Å²) < 4.78 is 5.37. The molecule has 0 aliphatic heterocycles. The summed E-state index contributed by atoms with van der Waals surface area (Å²) in [5.41, 5.74) is 1.04. The van der Waals surface area contributed by atoms with Gasteiger partial charge in [-0.25, -0.2) is 0 Å². The van der Waals surface area contributed by atoms with Crippen LogP contribution in [0.3, 0.4) is 0 Å². The zero-order valence-corrected chi connectivity index (χ0v) is 8.15. The molecule has 0 spiro atoms. The molecule has 0 aromatic heterocycles.